The number of aliphatic hydroxyl groups is 1. The Labute approximate surface area is 254 Å². The molecule has 0 radical (unpaired) electrons. The number of fused-ring (bicyclic) bond motifs is 3. The topological polar surface area (TPSA) is 124 Å². The summed E-state index contributed by atoms with van der Waals surface area (Å²) in [5.41, 5.74) is -1.94. The normalized spacial score (nSPS) is 21.7. The third-order valence-corrected chi connectivity index (χ3v) is 10.1. The molecular weight excluding hydrogens is 597 g/mol. The summed E-state index contributed by atoms with van der Waals surface area (Å²) in [4.78, 5) is 28.6. The number of piperidine rings is 1. The van der Waals surface area contributed by atoms with Crippen LogP contribution in [0.3, 0.4) is 0 Å². The van der Waals surface area contributed by atoms with Crippen LogP contribution in [-0.4, -0.2) is 80.1 Å². The molecule has 3 aliphatic heterocycles. The third kappa shape index (κ3) is 4.98. The molecule has 1 amide bonds. The molecule has 3 aliphatic rings. The number of ether oxygens (including phenoxy) is 1. The second-order valence-corrected chi connectivity index (χ2v) is 13.2. The van der Waals surface area contributed by atoms with Crippen LogP contribution in [-0.2, 0) is 0 Å². The molecule has 3 saturated heterocycles. The van der Waals surface area contributed by atoms with Crippen molar-refractivity contribution in [3.8, 4) is 17.1 Å². The van der Waals surface area contributed by atoms with Crippen LogP contribution < -0.4 is 15.0 Å². The summed E-state index contributed by atoms with van der Waals surface area (Å²) in [5.74, 6) is -2.40. The number of benzene rings is 2. The molecule has 4 aromatic rings. The van der Waals surface area contributed by atoms with E-state index in [-0.39, 0.29) is 55.7 Å². The monoisotopic (exact) mass is 628 g/mol. The number of nitrogens with zero attached hydrogens (tertiary/aromatic N) is 5. The van der Waals surface area contributed by atoms with Crippen molar-refractivity contribution in [2.45, 2.75) is 56.6 Å². The van der Waals surface area contributed by atoms with Crippen LogP contribution in [0.25, 0.3) is 32.2 Å². The van der Waals surface area contributed by atoms with Crippen LogP contribution in [0, 0.1) is 17.5 Å². The minimum absolute atomic E-state index is 0.0480. The molecule has 0 unspecified atom stereocenters. The Morgan fingerprint density at radius 3 is 2.52 bits per heavy atom. The lowest BCUT2D eigenvalue weighted by atomic mass is 9.94. The number of rotatable bonds is 6. The van der Waals surface area contributed by atoms with Gasteiger partial charge in [-0.15, -0.1) is 0 Å². The summed E-state index contributed by atoms with van der Waals surface area (Å²) in [6.07, 6.45) is 3.94. The lowest BCUT2D eigenvalue weighted by molar-refractivity contribution is 0.0447. The number of amides is 1. The number of carbonyl (C=O) groups is 1. The highest BCUT2D eigenvalue weighted by Crippen LogP contribution is 2.42. The molecule has 232 valence electrons. The van der Waals surface area contributed by atoms with Gasteiger partial charge < -0.3 is 19.8 Å². The molecule has 2 aromatic heterocycles. The van der Waals surface area contributed by atoms with Gasteiger partial charge in [0, 0.05) is 24.0 Å². The van der Waals surface area contributed by atoms with E-state index in [0.717, 1.165) is 62.2 Å². The van der Waals surface area contributed by atoms with Crippen LogP contribution in [0.2, 0.25) is 0 Å². The number of β-amino-alcohol motifs (C(OH)–C–C–N with tert-alkyl or cyclic N) is 1. The molecule has 1 atom stereocenters. The maximum absolute atomic E-state index is 16.6. The van der Waals surface area contributed by atoms with Crippen LogP contribution in [0.5, 0.6) is 6.01 Å². The molecule has 0 aliphatic carbocycles. The second kappa shape index (κ2) is 10.7. The predicted octanol–water partition coefficient (Wildman–Crippen LogP) is 5.77. The largest absolute Gasteiger partial charge is 0.465 e. The van der Waals surface area contributed by atoms with Gasteiger partial charge in [-0.2, -0.15) is 9.97 Å². The van der Waals surface area contributed by atoms with Gasteiger partial charge in [-0.05, 0) is 76.7 Å². The first-order valence-corrected chi connectivity index (χ1v) is 15.5. The fourth-order valence-corrected chi connectivity index (χ4v) is 7.98. The number of hydrogen-bond donors (Lipinski definition) is 3. The van der Waals surface area contributed by atoms with Crippen molar-refractivity contribution >= 4 is 49.5 Å². The smallest absolute Gasteiger partial charge is 0.410 e. The highest BCUT2D eigenvalue weighted by Gasteiger charge is 2.45. The Bertz CT molecular complexity index is 1790. The summed E-state index contributed by atoms with van der Waals surface area (Å²) < 4.78 is 53.4. The zero-order valence-electron chi connectivity index (χ0n) is 24.0. The summed E-state index contributed by atoms with van der Waals surface area (Å²) in [5, 5.41) is 22.0. The molecule has 44 heavy (non-hydrogen) atoms. The first-order chi connectivity index (χ1) is 21.0. The Kier molecular flexibility index (Phi) is 7.05. The molecule has 5 heterocycles. The van der Waals surface area contributed by atoms with E-state index in [0.29, 0.717) is 26.0 Å². The van der Waals surface area contributed by atoms with Crippen molar-refractivity contribution in [2.24, 2.45) is 0 Å². The van der Waals surface area contributed by atoms with Crippen LogP contribution >= 0.6 is 11.3 Å². The molecule has 2 aromatic carbocycles. The lowest BCUT2D eigenvalue weighted by Gasteiger charge is -2.38. The molecule has 10 nitrogen and oxygen atoms in total. The van der Waals surface area contributed by atoms with E-state index in [1.54, 1.807) is 11.8 Å². The standard InChI is InChI=1S/C30H31F3N6O4S/c1-29(42)7-2-10-38(14-29)25-17-13-19(32)20(16-5-6-18(31)24-23(16)35-27(44-24)37-28(40)41)21(33)22(17)34-26(36-25)43-15-30-8-3-11-39(30)12-4-9-30/h5-6,13,42H,2-4,7-12,14-15H2,1H3,(H,35,37)(H,40,41)/t29-/m1/s1. The van der Waals surface area contributed by atoms with Gasteiger partial charge in [0.25, 0.3) is 0 Å². The average Bonchev–Trinajstić information content (AvgIpc) is 3.67. The zero-order valence-corrected chi connectivity index (χ0v) is 24.8. The number of carboxylic acid groups (broad SMARTS) is 1. The maximum Gasteiger partial charge on any atom is 0.410 e. The van der Waals surface area contributed by atoms with E-state index in [1.165, 1.54) is 6.07 Å². The van der Waals surface area contributed by atoms with E-state index in [9.17, 15) is 14.3 Å². The second-order valence-electron chi connectivity index (χ2n) is 12.2. The Balaban J connectivity index is 1.37. The van der Waals surface area contributed by atoms with E-state index in [1.807, 2.05) is 0 Å². The predicted molar refractivity (Wildman–Crippen MR) is 160 cm³/mol. The maximum atomic E-state index is 16.6. The quantitative estimate of drug-likeness (QED) is 0.244. The minimum Gasteiger partial charge on any atom is -0.465 e. The Morgan fingerprint density at radius 2 is 1.80 bits per heavy atom. The Hall–Kier alpha value is -3.75. The van der Waals surface area contributed by atoms with Gasteiger partial charge in [-0.25, -0.2) is 22.9 Å². The van der Waals surface area contributed by atoms with Crippen LogP contribution in [0.4, 0.5) is 28.9 Å². The lowest BCUT2D eigenvalue weighted by Crippen LogP contribution is -2.46. The first-order valence-electron chi connectivity index (χ1n) is 14.7. The van der Waals surface area contributed by atoms with Gasteiger partial charge in [-0.1, -0.05) is 11.3 Å². The van der Waals surface area contributed by atoms with E-state index in [2.05, 4.69) is 25.2 Å². The van der Waals surface area contributed by atoms with Gasteiger partial charge in [-0.3, -0.25) is 10.2 Å². The molecule has 7 rings (SSSR count). The average molecular weight is 629 g/mol. The van der Waals surface area contributed by atoms with E-state index < -0.39 is 34.7 Å². The number of aromatic nitrogens is 3. The SMILES string of the molecule is C[C@@]1(O)CCCN(c2nc(OCC34CCCN3CCC4)nc3c(F)c(-c4ccc(F)c5sc(NC(=O)O)nc45)c(F)cc23)C1. The highest BCUT2D eigenvalue weighted by molar-refractivity contribution is 7.22. The summed E-state index contributed by atoms with van der Waals surface area (Å²) in [7, 11) is 0. The van der Waals surface area contributed by atoms with Crippen molar-refractivity contribution in [3.05, 3.63) is 35.7 Å². The van der Waals surface area contributed by atoms with Crippen LogP contribution in [0.1, 0.15) is 45.4 Å². The fourth-order valence-electron chi connectivity index (χ4n) is 7.10. The first kappa shape index (κ1) is 29.0. The van der Waals surface area contributed by atoms with Crippen molar-refractivity contribution in [2.75, 3.05) is 43.0 Å². The van der Waals surface area contributed by atoms with Gasteiger partial charge in [0.2, 0.25) is 0 Å². The molecule has 3 N–H and O–H groups in total. The van der Waals surface area contributed by atoms with Gasteiger partial charge in [0.05, 0.1) is 26.9 Å². The van der Waals surface area contributed by atoms with E-state index >= 15 is 8.78 Å². The molecule has 14 heteroatoms. The number of halogens is 3. The number of nitrogens with one attached hydrogen (secondary N) is 1. The molecular formula is C30H31F3N6O4S. The van der Waals surface area contributed by atoms with Crippen molar-refractivity contribution < 1.29 is 32.9 Å². The molecule has 0 saturated carbocycles. The minimum atomic E-state index is -1.40. The fraction of sp³-hybridized carbons (Fsp3) is 0.467. The van der Waals surface area contributed by atoms with Gasteiger partial charge >= 0.3 is 12.1 Å². The number of hydrogen-bond acceptors (Lipinski definition) is 9. The van der Waals surface area contributed by atoms with E-state index in [4.69, 9.17) is 9.84 Å². The van der Waals surface area contributed by atoms with Crippen LogP contribution in [0.15, 0.2) is 18.2 Å². The summed E-state index contributed by atoms with van der Waals surface area (Å²) in [6.45, 7) is 4.77. The van der Waals surface area contributed by atoms with Gasteiger partial charge in [0.15, 0.2) is 10.9 Å². The van der Waals surface area contributed by atoms with Gasteiger partial charge in [0.1, 0.15) is 29.6 Å². The van der Waals surface area contributed by atoms with Crippen molar-refractivity contribution in [1.82, 2.24) is 19.9 Å². The number of thiazole rings is 1. The molecule has 0 spiro atoms. The van der Waals surface area contributed by atoms with Crippen molar-refractivity contribution in [1.29, 1.82) is 0 Å². The molecule has 3 fully saturated rings. The Morgan fingerprint density at radius 1 is 1.05 bits per heavy atom. The summed E-state index contributed by atoms with van der Waals surface area (Å²) in [6, 6.07) is 3.37. The highest BCUT2D eigenvalue weighted by atomic mass is 32.1. The number of anilines is 2. The molecule has 0 bridgehead atoms. The summed E-state index contributed by atoms with van der Waals surface area (Å²) >= 11 is 0.722. The third-order valence-electron chi connectivity index (χ3n) is 9.08. The van der Waals surface area contributed by atoms with Crippen molar-refractivity contribution in [3.63, 3.8) is 0 Å². The zero-order chi connectivity index (χ0) is 30.8.